The van der Waals surface area contributed by atoms with Gasteiger partial charge in [0.2, 0.25) is 6.29 Å². The summed E-state index contributed by atoms with van der Waals surface area (Å²) < 4.78 is 56.7. The van der Waals surface area contributed by atoms with Crippen molar-refractivity contribution in [3.8, 4) is 29.1 Å². The third-order valence-corrected chi connectivity index (χ3v) is 16.1. The van der Waals surface area contributed by atoms with E-state index in [0.29, 0.717) is 24.2 Å². The quantitative estimate of drug-likeness (QED) is 0.0639. The number of benzene rings is 2. The molecule has 0 amide bonds. The number of ketones is 2. The van der Waals surface area contributed by atoms with Crippen LogP contribution in [0.25, 0.3) is 10.9 Å². The first-order valence-electron chi connectivity index (χ1n) is 25.6. The highest BCUT2D eigenvalue weighted by Crippen LogP contribution is 2.72. The number of allylic oxidation sites excluding steroid dienone is 4. The molecule has 8 aliphatic rings. The molecule has 17 nitrogen and oxygen atoms in total. The monoisotopic (exact) mass is 1030 g/mol. The molecule has 10 rings (SSSR count). The summed E-state index contributed by atoms with van der Waals surface area (Å²) in [4.78, 5) is 63.1. The van der Waals surface area contributed by atoms with Crippen LogP contribution in [0.5, 0.6) is 23.0 Å². The van der Waals surface area contributed by atoms with E-state index in [9.17, 15) is 25.1 Å². The summed E-state index contributed by atoms with van der Waals surface area (Å²) in [5.74, 6) is -7.39. The third-order valence-electron chi connectivity index (χ3n) is 16.1. The van der Waals surface area contributed by atoms with Gasteiger partial charge in [0.05, 0.1) is 42.3 Å². The van der Waals surface area contributed by atoms with Gasteiger partial charge in [-0.2, -0.15) is 5.26 Å². The maximum atomic E-state index is 16.4. The van der Waals surface area contributed by atoms with Crippen molar-refractivity contribution in [1.82, 2.24) is 0 Å². The Labute approximate surface area is 437 Å². The van der Waals surface area contributed by atoms with E-state index in [-0.39, 0.29) is 65.4 Å². The van der Waals surface area contributed by atoms with Crippen LogP contribution in [0.15, 0.2) is 65.3 Å². The van der Waals surface area contributed by atoms with Crippen LogP contribution >= 0.6 is 0 Å². The molecule has 6 unspecified atom stereocenters. The third kappa shape index (κ3) is 8.89. The van der Waals surface area contributed by atoms with Gasteiger partial charge >= 0.3 is 18.0 Å². The number of hydrogen-bond acceptors (Lipinski definition) is 16. The average Bonchev–Trinajstić information content (AvgIpc) is 3.81. The molecule has 0 aromatic heterocycles. The Hall–Kier alpha value is -6.18. The summed E-state index contributed by atoms with van der Waals surface area (Å²) in [7, 11) is 1.25. The highest BCUT2D eigenvalue weighted by atomic mass is 16.8. The smallest absolute Gasteiger partial charge is 0.343 e. The number of fused-ring (bicyclic) bond motifs is 3. The van der Waals surface area contributed by atoms with Crippen LogP contribution in [0.3, 0.4) is 0 Å². The maximum absolute atomic E-state index is 16.4. The molecule has 2 aromatic rings. The lowest BCUT2D eigenvalue weighted by Crippen LogP contribution is -2.79. The van der Waals surface area contributed by atoms with E-state index in [1.807, 2.05) is 60.6 Å². The first-order chi connectivity index (χ1) is 35.4. The fraction of sp³-hybridized carbons (Fsp3) is 0.552. The summed E-state index contributed by atoms with van der Waals surface area (Å²) in [5.41, 5.74) is -2.82. The SMILES string of the molecule is [C-]#[N+]C(C#N)C1C2C(=O)c3c(OC(=O)c4ccc(O[C@@H]5O[C@@H]6COC(C)(C)O[C@H]6[C@H](O)[C@H]5O)cc4)c4c(c(CC=C(C)C)c3OC23[C@@H]2C[C@@H]1C(=O)C3(C/C=C(/C)C(=O)OC)OC2(C)C)OC(C)(CCC=C(C)C)C=C4. The van der Waals surface area contributed by atoms with Crippen LogP contribution in [-0.2, 0) is 39.7 Å². The van der Waals surface area contributed by atoms with Gasteiger partial charge < -0.3 is 52.8 Å². The van der Waals surface area contributed by atoms with E-state index in [1.54, 1.807) is 32.9 Å². The lowest BCUT2D eigenvalue weighted by molar-refractivity contribution is -0.373. The van der Waals surface area contributed by atoms with E-state index >= 15 is 9.59 Å². The Balaban J connectivity index is 1.19. The highest BCUT2D eigenvalue weighted by molar-refractivity contribution is 6.11. The van der Waals surface area contributed by atoms with Crippen LogP contribution in [0.4, 0.5) is 0 Å². The minimum Gasteiger partial charge on any atom is -0.482 e. The molecule has 5 aliphatic heterocycles. The van der Waals surface area contributed by atoms with Crippen molar-refractivity contribution >= 4 is 29.6 Å². The van der Waals surface area contributed by atoms with Gasteiger partial charge in [0.15, 0.2) is 40.4 Å². The van der Waals surface area contributed by atoms with E-state index < -0.39 is 112 Å². The largest absolute Gasteiger partial charge is 0.482 e. The van der Waals surface area contributed by atoms with Gasteiger partial charge in [-0.05, 0) is 131 Å². The van der Waals surface area contributed by atoms with Crippen molar-refractivity contribution in [1.29, 1.82) is 5.26 Å². The van der Waals surface area contributed by atoms with Crippen LogP contribution in [-0.4, -0.2) is 112 Å². The first-order valence-corrected chi connectivity index (χ1v) is 25.6. The average molecular weight is 1030 g/mol. The molecule has 13 atom stereocenters. The van der Waals surface area contributed by atoms with E-state index in [0.717, 1.165) is 11.1 Å². The lowest BCUT2D eigenvalue weighted by atomic mass is 9.42. The summed E-state index contributed by atoms with van der Waals surface area (Å²) in [5, 5.41) is 32.6. The number of aliphatic hydroxyl groups is 2. The molecule has 398 valence electrons. The van der Waals surface area contributed by atoms with Crippen molar-refractivity contribution in [3.05, 3.63) is 99.0 Å². The zero-order valence-electron chi connectivity index (χ0n) is 44.3. The number of rotatable bonds is 13. The number of nitrogens with zero attached hydrogens (tertiary/aromatic N) is 2. The molecule has 1 spiro atoms. The van der Waals surface area contributed by atoms with Crippen molar-refractivity contribution in [2.45, 2.75) is 166 Å². The van der Waals surface area contributed by atoms with Crippen LogP contribution < -0.4 is 18.9 Å². The number of carbonyl (C=O) groups is 4. The summed E-state index contributed by atoms with van der Waals surface area (Å²) >= 11 is 0. The molecule has 2 N–H and O–H groups in total. The predicted molar refractivity (Wildman–Crippen MR) is 269 cm³/mol. The van der Waals surface area contributed by atoms with Gasteiger partial charge in [0.1, 0.15) is 52.8 Å². The number of carbonyl (C=O) groups excluding carboxylic acids is 4. The van der Waals surface area contributed by atoms with Gasteiger partial charge in [-0.15, -0.1) is 0 Å². The molecule has 4 bridgehead atoms. The number of nitriles is 1. The van der Waals surface area contributed by atoms with Crippen molar-refractivity contribution in [2.75, 3.05) is 13.7 Å². The summed E-state index contributed by atoms with van der Waals surface area (Å²) in [6, 6.07) is 6.44. The van der Waals surface area contributed by atoms with E-state index in [2.05, 4.69) is 17.0 Å². The number of Topliss-reactive ketones (excluding diaryl/α,β-unsaturated/α-hetero) is 2. The van der Waals surface area contributed by atoms with E-state index in [4.69, 9.17) is 49.2 Å². The molecular weight excluding hydrogens is 965 g/mol. The fourth-order valence-electron chi connectivity index (χ4n) is 12.6. The number of methoxy groups -OCH3 is 1. The van der Waals surface area contributed by atoms with Gasteiger partial charge in [0.25, 0.3) is 0 Å². The second kappa shape index (κ2) is 19.4. The Morgan fingerprint density at radius 1 is 0.973 bits per heavy atom. The molecule has 5 heterocycles. The topological polar surface area (TPSA) is 220 Å². The molecule has 17 heteroatoms. The van der Waals surface area contributed by atoms with Crippen molar-refractivity contribution in [2.24, 2.45) is 23.7 Å². The van der Waals surface area contributed by atoms with E-state index in [1.165, 1.54) is 31.4 Å². The standard InChI is InChI=1S/C58H66N2O15/c1-29(2)14-13-23-56(10)24-22-35-46(73-56)34(20-15-30(3)4)48-41(47(35)71-52(66)32-16-18-33(19-17-32)69-53-45(63)44(62)49-38(70-53)28-68-55(8,9)72-49)43(61)42-40(37(27-59)60-11)36-26-39-54(6,7)75-57(50(36)64,58(39,42)74-48)25-21-31(5)51(65)67-12/h14-19,21-22,24,36-40,42,44-45,49,53,62-63H,13,20,23,25-26,28H2,1-10,12H3/b31-21-/t36-,37?,38+,39+,40?,42?,44+,45+,49+,53+,56?,57?,58?/m0/s1. The van der Waals surface area contributed by atoms with Crippen molar-refractivity contribution < 1.29 is 72.0 Å². The van der Waals surface area contributed by atoms with Crippen LogP contribution in [0.1, 0.15) is 127 Å². The molecular formula is C58H66N2O15. The second-order valence-corrected chi connectivity index (χ2v) is 22.5. The fourth-order valence-corrected chi connectivity index (χ4v) is 12.6. The Kier molecular flexibility index (Phi) is 13.9. The van der Waals surface area contributed by atoms with Gasteiger partial charge in [-0.3, -0.25) is 14.4 Å². The predicted octanol–water partition coefficient (Wildman–Crippen LogP) is 7.94. The van der Waals surface area contributed by atoms with Crippen LogP contribution in [0.2, 0.25) is 0 Å². The number of ether oxygens (including phenoxy) is 9. The molecule has 2 aromatic carbocycles. The molecule has 3 saturated heterocycles. The Morgan fingerprint density at radius 2 is 1.68 bits per heavy atom. The van der Waals surface area contributed by atoms with Gasteiger partial charge in [-0.1, -0.05) is 29.4 Å². The van der Waals surface area contributed by atoms with Gasteiger partial charge in [-0.25, -0.2) is 16.2 Å². The molecule has 75 heavy (non-hydrogen) atoms. The summed E-state index contributed by atoms with van der Waals surface area (Å²) in [6.07, 6.45) is 4.85. The normalized spacial score (nSPS) is 33.6. The lowest BCUT2D eigenvalue weighted by Gasteiger charge is -2.62. The maximum Gasteiger partial charge on any atom is 0.343 e. The van der Waals surface area contributed by atoms with Crippen molar-refractivity contribution in [3.63, 3.8) is 0 Å². The van der Waals surface area contributed by atoms with Crippen LogP contribution in [0, 0.1) is 41.6 Å². The van der Waals surface area contributed by atoms with Gasteiger partial charge in [0, 0.05) is 29.4 Å². The Bertz CT molecular complexity index is 2900. The first kappa shape index (κ1) is 53.6. The molecule has 6 fully saturated rings. The second-order valence-electron chi connectivity index (χ2n) is 22.5. The number of aliphatic hydroxyl groups excluding tert-OH is 2. The Morgan fingerprint density at radius 3 is 2.33 bits per heavy atom. The minimum atomic E-state index is -1.90. The zero-order chi connectivity index (χ0) is 54.3. The highest BCUT2D eigenvalue weighted by Gasteiger charge is 2.86. The number of hydrogen-bond donors (Lipinski definition) is 2. The minimum absolute atomic E-state index is 0.0151. The zero-order valence-corrected chi connectivity index (χ0v) is 44.3. The molecule has 3 aliphatic carbocycles. The molecule has 0 radical (unpaired) electrons. The summed E-state index contributed by atoms with van der Waals surface area (Å²) in [6.45, 7) is 26.8. The number of esters is 2. The molecule has 3 saturated carbocycles.